The molecule has 0 aliphatic carbocycles. The summed E-state index contributed by atoms with van der Waals surface area (Å²) < 4.78 is 69.5. The number of rotatable bonds is 10. The number of nitrogens with one attached hydrogen (secondary N) is 1. The van der Waals surface area contributed by atoms with Gasteiger partial charge in [0, 0.05) is 12.1 Å². The number of hydrogen-bond donors (Lipinski definition) is 1. The molecule has 0 aromatic heterocycles. The number of amides is 2. The minimum absolute atomic E-state index is 0.156. The molecule has 0 aliphatic rings. The average molecular weight is 673 g/mol. The Morgan fingerprint density at radius 2 is 1.57 bits per heavy atom. The maximum absolute atomic E-state index is 14.1. The van der Waals surface area contributed by atoms with Gasteiger partial charge in [0.2, 0.25) is 11.8 Å². The summed E-state index contributed by atoms with van der Waals surface area (Å²) >= 11 is 12.3. The number of nitrogens with zero attached hydrogens (tertiary/aromatic N) is 2. The van der Waals surface area contributed by atoms with Crippen molar-refractivity contribution in [1.29, 1.82) is 0 Å². The summed E-state index contributed by atoms with van der Waals surface area (Å²) in [5.74, 6) is -1.31. The molecule has 0 fully saturated rings. The van der Waals surface area contributed by atoms with Crippen molar-refractivity contribution in [1.82, 2.24) is 10.2 Å². The number of benzene rings is 3. The molecule has 0 heterocycles. The van der Waals surface area contributed by atoms with Gasteiger partial charge in [-0.05, 0) is 82.1 Å². The molecule has 0 spiro atoms. The average Bonchev–Trinajstić information content (AvgIpc) is 2.92. The quantitative estimate of drug-likeness (QED) is 0.246. The summed E-state index contributed by atoms with van der Waals surface area (Å²) in [5.41, 5.74) is -0.844. The number of alkyl halides is 3. The van der Waals surface area contributed by atoms with Gasteiger partial charge in [-0.2, -0.15) is 13.2 Å². The molecule has 3 aromatic carbocycles. The lowest BCUT2D eigenvalue weighted by Gasteiger charge is -2.35. The molecular weight excluding hydrogens is 638 g/mol. The Hall–Kier alpha value is -3.28. The fourth-order valence-corrected chi connectivity index (χ4v) is 6.14. The van der Waals surface area contributed by atoms with Gasteiger partial charge in [-0.3, -0.25) is 13.9 Å². The zero-order valence-corrected chi connectivity index (χ0v) is 27.2. The number of hydrogen-bond acceptors (Lipinski definition) is 4. The lowest BCUT2D eigenvalue weighted by Crippen LogP contribution is -2.55. The highest BCUT2D eigenvalue weighted by atomic mass is 35.5. The van der Waals surface area contributed by atoms with Crippen molar-refractivity contribution in [3.8, 4) is 0 Å². The second-order valence-electron chi connectivity index (χ2n) is 11.3. The Morgan fingerprint density at radius 1 is 0.932 bits per heavy atom. The largest absolute Gasteiger partial charge is 0.416 e. The van der Waals surface area contributed by atoms with E-state index in [0.29, 0.717) is 15.9 Å². The molecule has 2 amide bonds. The monoisotopic (exact) mass is 671 g/mol. The summed E-state index contributed by atoms with van der Waals surface area (Å²) in [6, 6.07) is 13.0. The number of halogens is 5. The third kappa shape index (κ3) is 8.89. The molecule has 0 unspecified atom stereocenters. The van der Waals surface area contributed by atoms with Crippen LogP contribution in [0.3, 0.4) is 0 Å². The van der Waals surface area contributed by atoms with Gasteiger partial charge in [0.05, 0.1) is 26.2 Å². The fourth-order valence-electron chi connectivity index (χ4n) is 4.41. The van der Waals surface area contributed by atoms with Gasteiger partial charge in [-0.15, -0.1) is 0 Å². The van der Waals surface area contributed by atoms with Gasteiger partial charge < -0.3 is 10.2 Å². The van der Waals surface area contributed by atoms with Crippen LogP contribution < -0.4 is 9.62 Å². The lowest BCUT2D eigenvalue weighted by molar-refractivity contribution is -0.141. The van der Waals surface area contributed by atoms with Crippen LogP contribution in [-0.2, 0) is 32.3 Å². The van der Waals surface area contributed by atoms with Crippen LogP contribution in [0.4, 0.5) is 18.9 Å². The Balaban J connectivity index is 2.15. The molecular formula is C31H34Cl2F3N3O4S. The molecule has 44 heavy (non-hydrogen) atoms. The van der Waals surface area contributed by atoms with Gasteiger partial charge in [-0.1, -0.05) is 60.0 Å². The van der Waals surface area contributed by atoms with Crippen LogP contribution in [0.25, 0.3) is 0 Å². The predicted octanol–water partition coefficient (Wildman–Crippen LogP) is 7.24. The van der Waals surface area contributed by atoms with Crippen LogP contribution in [0.1, 0.15) is 50.8 Å². The maximum Gasteiger partial charge on any atom is 0.416 e. The van der Waals surface area contributed by atoms with E-state index in [1.54, 1.807) is 52.8 Å². The molecule has 0 bridgehead atoms. The van der Waals surface area contributed by atoms with Crippen LogP contribution in [0.2, 0.25) is 10.0 Å². The third-order valence-corrected chi connectivity index (χ3v) is 9.10. The predicted molar refractivity (Wildman–Crippen MR) is 166 cm³/mol. The fraction of sp³-hybridized carbons (Fsp3) is 0.355. The second kappa shape index (κ2) is 13.8. The van der Waals surface area contributed by atoms with Gasteiger partial charge >= 0.3 is 6.18 Å². The van der Waals surface area contributed by atoms with Crippen molar-refractivity contribution in [3.63, 3.8) is 0 Å². The van der Waals surface area contributed by atoms with Crippen molar-refractivity contribution < 1.29 is 31.2 Å². The summed E-state index contributed by atoms with van der Waals surface area (Å²) in [4.78, 5) is 28.5. The van der Waals surface area contributed by atoms with E-state index in [9.17, 15) is 31.2 Å². The van der Waals surface area contributed by atoms with Crippen LogP contribution in [0.15, 0.2) is 71.6 Å². The molecule has 0 saturated heterocycles. The van der Waals surface area contributed by atoms with E-state index in [0.717, 1.165) is 17.7 Å². The molecule has 3 aromatic rings. The SMILES string of the molecule is CC[C@@H](C(=O)NC(C)(C)C)N(Cc1ccc(Cl)c(Cl)c1)C(=O)CN(c1cccc(C(F)(F)F)c1)S(=O)(=O)c1ccc(C)cc1. The molecule has 7 nitrogen and oxygen atoms in total. The summed E-state index contributed by atoms with van der Waals surface area (Å²) in [6.07, 6.45) is -4.61. The minimum atomic E-state index is -4.77. The number of anilines is 1. The molecule has 3 rings (SSSR count). The Kier molecular flexibility index (Phi) is 11.0. The van der Waals surface area contributed by atoms with Gasteiger partial charge in [0.1, 0.15) is 12.6 Å². The molecule has 0 saturated carbocycles. The first-order chi connectivity index (χ1) is 20.3. The van der Waals surface area contributed by atoms with Crippen LogP contribution in [0, 0.1) is 6.92 Å². The number of carbonyl (C=O) groups is 2. The number of aryl methyl sites for hydroxylation is 1. The first-order valence-corrected chi connectivity index (χ1v) is 15.8. The van der Waals surface area contributed by atoms with Gasteiger partial charge in [0.25, 0.3) is 10.0 Å². The van der Waals surface area contributed by atoms with E-state index >= 15 is 0 Å². The van der Waals surface area contributed by atoms with Crippen molar-refractivity contribution >= 4 is 50.7 Å². The zero-order chi connectivity index (χ0) is 33.0. The minimum Gasteiger partial charge on any atom is -0.350 e. The summed E-state index contributed by atoms with van der Waals surface area (Å²) in [6.45, 7) is 7.70. The van der Waals surface area contributed by atoms with Crippen molar-refractivity contribution in [3.05, 3.63) is 93.5 Å². The highest BCUT2D eigenvalue weighted by molar-refractivity contribution is 7.92. The molecule has 0 radical (unpaired) electrons. The first-order valence-electron chi connectivity index (χ1n) is 13.7. The van der Waals surface area contributed by atoms with Crippen molar-refractivity contribution in [2.75, 3.05) is 10.8 Å². The van der Waals surface area contributed by atoms with E-state index in [4.69, 9.17) is 23.2 Å². The molecule has 0 aliphatic heterocycles. The summed E-state index contributed by atoms with van der Waals surface area (Å²) in [5, 5.41) is 3.32. The van der Waals surface area contributed by atoms with E-state index < -0.39 is 51.7 Å². The normalized spacial score (nSPS) is 12.9. The zero-order valence-electron chi connectivity index (χ0n) is 24.9. The number of sulfonamides is 1. The van der Waals surface area contributed by atoms with Crippen LogP contribution in [-0.4, -0.2) is 43.3 Å². The van der Waals surface area contributed by atoms with Crippen LogP contribution >= 0.6 is 23.2 Å². The highest BCUT2D eigenvalue weighted by Gasteiger charge is 2.36. The second-order valence-corrected chi connectivity index (χ2v) is 14.0. The Labute approximate surface area is 266 Å². The Bertz CT molecular complexity index is 1610. The first kappa shape index (κ1) is 35.2. The van der Waals surface area contributed by atoms with E-state index in [1.165, 1.54) is 35.2 Å². The maximum atomic E-state index is 14.1. The van der Waals surface area contributed by atoms with Crippen LogP contribution in [0.5, 0.6) is 0 Å². The van der Waals surface area contributed by atoms with Gasteiger partial charge in [0.15, 0.2) is 0 Å². The van der Waals surface area contributed by atoms with E-state index in [-0.39, 0.29) is 33.6 Å². The standard InChI is InChI=1S/C31H34Cl2F3N3O4S/c1-6-27(29(41)37-30(3,4)5)38(18-21-12-15-25(32)26(33)16-21)28(40)19-39(23-9-7-8-22(17-23)31(34,35)36)44(42,43)24-13-10-20(2)11-14-24/h7-17,27H,6,18-19H2,1-5H3,(H,37,41)/t27-/m0/s1. The number of carbonyl (C=O) groups excluding carboxylic acids is 2. The molecule has 1 atom stereocenters. The lowest BCUT2D eigenvalue weighted by atomic mass is 10.1. The summed E-state index contributed by atoms with van der Waals surface area (Å²) in [7, 11) is -4.55. The van der Waals surface area contributed by atoms with E-state index in [2.05, 4.69) is 5.32 Å². The molecule has 1 N–H and O–H groups in total. The smallest absolute Gasteiger partial charge is 0.350 e. The molecule has 238 valence electrons. The Morgan fingerprint density at radius 3 is 2.11 bits per heavy atom. The van der Waals surface area contributed by atoms with E-state index in [1.807, 2.05) is 0 Å². The van der Waals surface area contributed by atoms with Crippen molar-refractivity contribution in [2.24, 2.45) is 0 Å². The third-order valence-electron chi connectivity index (χ3n) is 6.57. The van der Waals surface area contributed by atoms with Crippen molar-refractivity contribution in [2.45, 2.75) is 70.2 Å². The highest BCUT2D eigenvalue weighted by Crippen LogP contribution is 2.33. The molecule has 13 heteroatoms. The van der Waals surface area contributed by atoms with Gasteiger partial charge in [-0.25, -0.2) is 8.42 Å². The topological polar surface area (TPSA) is 86.8 Å².